The first-order chi connectivity index (χ1) is 10.1. The van der Waals surface area contributed by atoms with E-state index in [1.807, 2.05) is 25.1 Å². The van der Waals surface area contributed by atoms with E-state index in [1.165, 1.54) is 0 Å². The number of hydrogen-bond donors (Lipinski definition) is 2. The Morgan fingerprint density at radius 3 is 2.86 bits per heavy atom. The van der Waals surface area contributed by atoms with Gasteiger partial charge in [0.15, 0.2) is 0 Å². The Kier molecular flexibility index (Phi) is 4.75. The van der Waals surface area contributed by atoms with Crippen molar-refractivity contribution in [2.24, 2.45) is 5.73 Å². The fraction of sp³-hybridized carbons (Fsp3) is 0.250. The highest BCUT2D eigenvalue weighted by Gasteiger charge is 2.13. The number of carbonyl (C=O) groups is 1. The van der Waals surface area contributed by atoms with E-state index in [1.54, 1.807) is 13.0 Å². The van der Waals surface area contributed by atoms with Crippen LogP contribution in [-0.2, 0) is 6.42 Å². The number of nitrogens with two attached hydrogens (primary N) is 1. The SMILES string of the molecule is CCc1cc(C#CCN)ccc1NC(=O)c1cc(C)no1. The minimum absolute atomic E-state index is 0.196. The Balaban J connectivity index is 2.21. The Hall–Kier alpha value is -2.58. The van der Waals surface area contributed by atoms with Gasteiger partial charge < -0.3 is 15.6 Å². The zero-order valence-electron chi connectivity index (χ0n) is 12.1. The van der Waals surface area contributed by atoms with Gasteiger partial charge in [0.2, 0.25) is 5.76 Å². The van der Waals surface area contributed by atoms with Crippen LogP contribution in [0.3, 0.4) is 0 Å². The molecule has 0 radical (unpaired) electrons. The largest absolute Gasteiger partial charge is 0.351 e. The van der Waals surface area contributed by atoms with Crippen LogP contribution in [0.15, 0.2) is 28.8 Å². The summed E-state index contributed by atoms with van der Waals surface area (Å²) >= 11 is 0. The highest BCUT2D eigenvalue weighted by Crippen LogP contribution is 2.19. The minimum Gasteiger partial charge on any atom is -0.351 e. The summed E-state index contributed by atoms with van der Waals surface area (Å²) in [6, 6.07) is 7.23. The molecular weight excluding hydrogens is 266 g/mol. The molecule has 5 nitrogen and oxygen atoms in total. The lowest BCUT2D eigenvalue weighted by Crippen LogP contribution is -2.12. The maximum atomic E-state index is 12.1. The number of aromatic nitrogens is 1. The maximum Gasteiger partial charge on any atom is 0.294 e. The number of carbonyl (C=O) groups excluding carboxylic acids is 1. The van der Waals surface area contributed by atoms with E-state index >= 15 is 0 Å². The van der Waals surface area contributed by atoms with E-state index in [2.05, 4.69) is 22.3 Å². The standard InChI is InChI=1S/C16H17N3O2/c1-3-13-10-12(5-4-8-17)6-7-14(13)18-16(20)15-9-11(2)19-21-15/h6-7,9-10H,3,8,17H2,1-2H3,(H,18,20). The van der Waals surface area contributed by atoms with Crippen LogP contribution in [0.2, 0.25) is 0 Å². The zero-order chi connectivity index (χ0) is 15.2. The number of rotatable bonds is 3. The van der Waals surface area contributed by atoms with Crippen LogP contribution >= 0.6 is 0 Å². The average Bonchev–Trinajstić information content (AvgIpc) is 2.92. The monoisotopic (exact) mass is 283 g/mol. The van der Waals surface area contributed by atoms with Crippen molar-refractivity contribution in [2.45, 2.75) is 20.3 Å². The summed E-state index contributed by atoms with van der Waals surface area (Å²) in [5.41, 5.74) is 8.66. The van der Waals surface area contributed by atoms with Gasteiger partial charge in [-0.2, -0.15) is 0 Å². The Labute approximate surface area is 123 Å². The van der Waals surface area contributed by atoms with Gasteiger partial charge in [0.05, 0.1) is 12.2 Å². The number of anilines is 1. The van der Waals surface area contributed by atoms with Crippen molar-refractivity contribution in [1.29, 1.82) is 0 Å². The predicted molar refractivity (Wildman–Crippen MR) is 80.9 cm³/mol. The summed E-state index contributed by atoms with van der Waals surface area (Å²) in [7, 11) is 0. The van der Waals surface area contributed by atoms with Crippen LogP contribution in [0.5, 0.6) is 0 Å². The summed E-state index contributed by atoms with van der Waals surface area (Å²) in [6.45, 7) is 4.11. The number of hydrogen-bond acceptors (Lipinski definition) is 4. The topological polar surface area (TPSA) is 81.1 Å². The van der Waals surface area contributed by atoms with Crippen LogP contribution in [-0.4, -0.2) is 17.6 Å². The van der Waals surface area contributed by atoms with Gasteiger partial charge in [0.25, 0.3) is 5.91 Å². The molecule has 1 amide bonds. The quantitative estimate of drug-likeness (QED) is 0.845. The third-order valence-electron chi connectivity index (χ3n) is 2.92. The summed E-state index contributed by atoms with van der Waals surface area (Å²) in [5, 5.41) is 6.53. The molecule has 0 bridgehead atoms. The molecule has 0 spiro atoms. The first-order valence-corrected chi connectivity index (χ1v) is 6.70. The van der Waals surface area contributed by atoms with Gasteiger partial charge in [-0.05, 0) is 37.1 Å². The number of amides is 1. The molecule has 108 valence electrons. The number of nitrogens with one attached hydrogen (secondary N) is 1. The highest BCUT2D eigenvalue weighted by atomic mass is 16.5. The van der Waals surface area contributed by atoms with Crippen molar-refractivity contribution in [1.82, 2.24) is 5.16 Å². The van der Waals surface area contributed by atoms with Crippen LogP contribution in [0.4, 0.5) is 5.69 Å². The lowest BCUT2D eigenvalue weighted by molar-refractivity contribution is 0.0988. The molecule has 0 aliphatic rings. The smallest absolute Gasteiger partial charge is 0.294 e. The van der Waals surface area contributed by atoms with Crippen LogP contribution in [0.1, 0.15) is 34.3 Å². The van der Waals surface area contributed by atoms with Crippen molar-refractivity contribution < 1.29 is 9.32 Å². The molecule has 0 unspecified atom stereocenters. The van der Waals surface area contributed by atoms with E-state index in [9.17, 15) is 4.79 Å². The van der Waals surface area contributed by atoms with Gasteiger partial charge in [0, 0.05) is 17.3 Å². The number of aryl methyl sites for hydroxylation is 2. The van der Waals surface area contributed by atoms with Crippen molar-refractivity contribution in [3.63, 3.8) is 0 Å². The second-order valence-electron chi connectivity index (χ2n) is 4.52. The minimum atomic E-state index is -0.314. The Morgan fingerprint density at radius 2 is 2.24 bits per heavy atom. The number of nitrogens with zero attached hydrogens (tertiary/aromatic N) is 1. The molecule has 0 saturated heterocycles. The second-order valence-corrected chi connectivity index (χ2v) is 4.52. The zero-order valence-corrected chi connectivity index (χ0v) is 12.1. The van der Waals surface area contributed by atoms with Crippen molar-refractivity contribution in [3.05, 3.63) is 46.8 Å². The lowest BCUT2D eigenvalue weighted by Gasteiger charge is -2.09. The van der Waals surface area contributed by atoms with E-state index in [0.717, 1.165) is 23.2 Å². The first-order valence-electron chi connectivity index (χ1n) is 6.70. The van der Waals surface area contributed by atoms with E-state index < -0.39 is 0 Å². The fourth-order valence-corrected chi connectivity index (χ4v) is 1.89. The lowest BCUT2D eigenvalue weighted by atomic mass is 10.1. The van der Waals surface area contributed by atoms with Crippen LogP contribution in [0, 0.1) is 18.8 Å². The fourth-order valence-electron chi connectivity index (χ4n) is 1.89. The molecule has 1 aromatic carbocycles. The van der Waals surface area contributed by atoms with Gasteiger partial charge in [-0.15, -0.1) is 0 Å². The summed E-state index contributed by atoms with van der Waals surface area (Å²) < 4.78 is 4.95. The molecule has 0 aliphatic carbocycles. The van der Waals surface area contributed by atoms with Gasteiger partial charge in [-0.25, -0.2) is 0 Å². The van der Waals surface area contributed by atoms with E-state index in [4.69, 9.17) is 10.3 Å². The maximum absolute atomic E-state index is 12.1. The average molecular weight is 283 g/mol. The highest BCUT2D eigenvalue weighted by molar-refractivity contribution is 6.02. The normalized spacial score (nSPS) is 9.86. The predicted octanol–water partition coefficient (Wildman–Crippen LogP) is 2.11. The molecule has 3 N–H and O–H groups in total. The molecule has 0 aliphatic heterocycles. The third kappa shape index (κ3) is 3.71. The number of benzene rings is 1. The molecule has 1 heterocycles. The van der Waals surface area contributed by atoms with Gasteiger partial charge in [-0.3, -0.25) is 4.79 Å². The summed E-state index contributed by atoms with van der Waals surface area (Å²) in [6.07, 6.45) is 0.781. The Bertz CT molecular complexity index is 708. The third-order valence-corrected chi connectivity index (χ3v) is 2.92. The molecule has 21 heavy (non-hydrogen) atoms. The van der Waals surface area contributed by atoms with Crippen molar-refractivity contribution in [2.75, 3.05) is 11.9 Å². The molecule has 0 fully saturated rings. The van der Waals surface area contributed by atoms with Crippen LogP contribution < -0.4 is 11.1 Å². The molecular formula is C16H17N3O2. The molecule has 0 saturated carbocycles. The molecule has 2 rings (SSSR count). The summed E-state index contributed by atoms with van der Waals surface area (Å²) in [4.78, 5) is 12.1. The molecule has 5 heteroatoms. The van der Waals surface area contributed by atoms with E-state index in [-0.39, 0.29) is 11.7 Å². The molecule has 2 aromatic rings. The molecule has 0 atom stereocenters. The Morgan fingerprint density at radius 1 is 1.43 bits per heavy atom. The van der Waals surface area contributed by atoms with Crippen LogP contribution in [0.25, 0.3) is 0 Å². The molecule has 1 aromatic heterocycles. The second kappa shape index (κ2) is 6.73. The first kappa shape index (κ1) is 14.8. The summed E-state index contributed by atoms with van der Waals surface area (Å²) in [5.74, 6) is 5.67. The van der Waals surface area contributed by atoms with Gasteiger partial charge in [-0.1, -0.05) is 23.9 Å². The van der Waals surface area contributed by atoms with E-state index in [0.29, 0.717) is 12.2 Å². The van der Waals surface area contributed by atoms with Gasteiger partial charge >= 0.3 is 0 Å². The van der Waals surface area contributed by atoms with Gasteiger partial charge in [0.1, 0.15) is 0 Å². The van der Waals surface area contributed by atoms with Crippen molar-refractivity contribution in [3.8, 4) is 11.8 Å². The van der Waals surface area contributed by atoms with Crippen molar-refractivity contribution >= 4 is 11.6 Å².